The lowest BCUT2D eigenvalue weighted by Gasteiger charge is -2.25. The first-order valence-corrected chi connectivity index (χ1v) is 8.05. The van der Waals surface area contributed by atoms with Crippen molar-refractivity contribution in [2.75, 3.05) is 0 Å². The molecule has 1 N–H and O–H groups in total. The molecular formula is C19H27N3O3. The molecule has 0 amide bonds. The largest absolute Gasteiger partial charge is 0.328 e. The van der Waals surface area contributed by atoms with E-state index in [1.54, 1.807) is 6.20 Å². The van der Waals surface area contributed by atoms with E-state index in [1.807, 2.05) is 17.1 Å². The van der Waals surface area contributed by atoms with E-state index in [2.05, 4.69) is 77.0 Å². The molecule has 1 aromatic heterocycles. The lowest BCUT2D eigenvalue weighted by Crippen LogP contribution is -2.12. The summed E-state index contributed by atoms with van der Waals surface area (Å²) >= 11 is 0. The molecule has 136 valence electrons. The van der Waals surface area contributed by atoms with E-state index in [0.29, 0.717) is 0 Å². The Morgan fingerprint density at radius 3 is 2.04 bits per heavy atom. The van der Waals surface area contributed by atoms with Gasteiger partial charge in [0.2, 0.25) is 0 Å². The number of rotatable bonds is 2. The fourth-order valence-corrected chi connectivity index (χ4v) is 2.35. The van der Waals surface area contributed by atoms with Crippen molar-refractivity contribution in [3.8, 4) is 0 Å². The van der Waals surface area contributed by atoms with Crippen LogP contribution in [-0.4, -0.2) is 19.8 Å². The van der Waals surface area contributed by atoms with E-state index in [-0.39, 0.29) is 10.8 Å². The van der Waals surface area contributed by atoms with Gasteiger partial charge in [0.05, 0.1) is 6.33 Å². The van der Waals surface area contributed by atoms with Gasteiger partial charge in [0.25, 0.3) is 5.09 Å². The van der Waals surface area contributed by atoms with Gasteiger partial charge >= 0.3 is 0 Å². The summed E-state index contributed by atoms with van der Waals surface area (Å²) < 4.78 is 2.01. The van der Waals surface area contributed by atoms with Crippen molar-refractivity contribution >= 4 is 11.8 Å². The van der Waals surface area contributed by atoms with E-state index < -0.39 is 5.09 Å². The van der Waals surface area contributed by atoms with Crippen LogP contribution in [0.25, 0.3) is 11.8 Å². The van der Waals surface area contributed by atoms with Crippen LogP contribution in [0.4, 0.5) is 0 Å². The smallest absolute Gasteiger partial charge is 0.291 e. The standard InChI is InChI=1S/C19H26N2.HNO3/c1-18(2,3)16-9-7-15(8-10-16)17(19(4,5)6)13-21-12-11-20-14-21;2-1(3)4/h7-14H,1-6H3;(H,2,3,4)/b17-13-;. The van der Waals surface area contributed by atoms with Gasteiger partial charge in [-0.1, -0.05) is 65.8 Å². The Balaban J connectivity index is 0.000000705. The van der Waals surface area contributed by atoms with E-state index in [1.165, 1.54) is 16.7 Å². The van der Waals surface area contributed by atoms with Crippen molar-refractivity contribution < 1.29 is 10.3 Å². The van der Waals surface area contributed by atoms with Gasteiger partial charge in [-0.25, -0.2) is 4.98 Å². The summed E-state index contributed by atoms with van der Waals surface area (Å²) in [5.74, 6) is 0. The summed E-state index contributed by atoms with van der Waals surface area (Å²) in [5, 5.41) is 13.6. The van der Waals surface area contributed by atoms with Crippen LogP contribution in [0.3, 0.4) is 0 Å². The SMILES string of the molecule is CC(C)(C)/C(=C\n1ccnc1)c1ccc(C(C)(C)C)cc1.O=[N+]([O-])O. The molecule has 0 fully saturated rings. The minimum atomic E-state index is -1.50. The van der Waals surface area contributed by atoms with Gasteiger partial charge in [0.15, 0.2) is 0 Å². The Morgan fingerprint density at radius 2 is 1.68 bits per heavy atom. The number of benzene rings is 1. The Morgan fingerprint density at radius 1 is 1.16 bits per heavy atom. The highest BCUT2D eigenvalue weighted by Crippen LogP contribution is 2.35. The quantitative estimate of drug-likeness (QED) is 0.621. The highest BCUT2D eigenvalue weighted by Gasteiger charge is 2.20. The van der Waals surface area contributed by atoms with Crippen LogP contribution in [0.15, 0.2) is 43.0 Å². The van der Waals surface area contributed by atoms with Crippen molar-refractivity contribution in [1.82, 2.24) is 9.55 Å². The minimum absolute atomic E-state index is 0.0769. The van der Waals surface area contributed by atoms with Gasteiger partial charge in [0, 0.05) is 18.6 Å². The zero-order chi connectivity index (χ0) is 19.3. The number of hydrogen-bond donors (Lipinski definition) is 1. The molecule has 1 heterocycles. The van der Waals surface area contributed by atoms with Crippen LogP contribution in [0.5, 0.6) is 0 Å². The molecule has 25 heavy (non-hydrogen) atoms. The highest BCUT2D eigenvalue weighted by molar-refractivity contribution is 5.78. The van der Waals surface area contributed by atoms with Crippen molar-refractivity contribution in [3.05, 3.63) is 64.2 Å². The van der Waals surface area contributed by atoms with Crippen molar-refractivity contribution in [2.45, 2.75) is 47.0 Å². The number of imidazole rings is 1. The number of aromatic nitrogens is 2. The molecule has 0 aliphatic heterocycles. The zero-order valence-corrected chi connectivity index (χ0v) is 15.7. The first kappa shape index (κ1) is 20.4. The van der Waals surface area contributed by atoms with Gasteiger partial charge in [-0.2, -0.15) is 0 Å². The third-order valence-corrected chi connectivity index (χ3v) is 3.67. The van der Waals surface area contributed by atoms with E-state index >= 15 is 0 Å². The second kappa shape index (κ2) is 7.96. The Kier molecular flexibility index (Phi) is 6.50. The summed E-state index contributed by atoms with van der Waals surface area (Å²) in [6.45, 7) is 13.5. The predicted molar refractivity (Wildman–Crippen MR) is 99.8 cm³/mol. The van der Waals surface area contributed by atoms with Crippen molar-refractivity contribution in [1.29, 1.82) is 0 Å². The first-order valence-electron chi connectivity index (χ1n) is 8.05. The van der Waals surface area contributed by atoms with Crippen LogP contribution in [0, 0.1) is 15.5 Å². The number of hydrogen-bond acceptors (Lipinski definition) is 3. The average molecular weight is 345 g/mol. The molecule has 2 aromatic rings. The lowest BCUT2D eigenvalue weighted by molar-refractivity contribution is -0.742. The lowest BCUT2D eigenvalue weighted by atomic mass is 9.81. The van der Waals surface area contributed by atoms with Crippen LogP contribution in [-0.2, 0) is 5.41 Å². The van der Waals surface area contributed by atoms with Gasteiger partial charge in [-0.3, -0.25) is 0 Å². The molecule has 1 aromatic carbocycles. The number of allylic oxidation sites excluding steroid dienone is 1. The highest BCUT2D eigenvalue weighted by atomic mass is 16.9. The molecular weight excluding hydrogens is 318 g/mol. The van der Waals surface area contributed by atoms with Gasteiger partial charge in [-0.15, -0.1) is 10.1 Å². The van der Waals surface area contributed by atoms with E-state index in [0.717, 1.165) is 0 Å². The predicted octanol–water partition coefficient (Wildman–Crippen LogP) is 4.88. The second-order valence-corrected chi connectivity index (χ2v) is 7.87. The van der Waals surface area contributed by atoms with E-state index in [4.69, 9.17) is 15.3 Å². The first-order chi connectivity index (χ1) is 11.4. The fourth-order valence-electron chi connectivity index (χ4n) is 2.35. The van der Waals surface area contributed by atoms with Gasteiger partial charge < -0.3 is 9.77 Å². The van der Waals surface area contributed by atoms with Crippen LogP contribution < -0.4 is 0 Å². The van der Waals surface area contributed by atoms with Crippen LogP contribution in [0.1, 0.15) is 52.7 Å². The third-order valence-electron chi connectivity index (χ3n) is 3.67. The van der Waals surface area contributed by atoms with Crippen LogP contribution >= 0.6 is 0 Å². The molecule has 0 aliphatic carbocycles. The maximum atomic E-state index is 8.36. The van der Waals surface area contributed by atoms with Crippen LogP contribution in [0.2, 0.25) is 0 Å². The Bertz CT molecular complexity index is 700. The molecule has 6 nitrogen and oxygen atoms in total. The minimum Gasteiger partial charge on any atom is -0.328 e. The van der Waals surface area contributed by atoms with Gasteiger partial charge in [0.1, 0.15) is 0 Å². The topological polar surface area (TPSA) is 81.2 Å². The molecule has 2 rings (SSSR count). The van der Waals surface area contributed by atoms with Gasteiger partial charge in [-0.05, 0) is 27.5 Å². The normalized spacial score (nSPS) is 12.3. The summed E-state index contributed by atoms with van der Waals surface area (Å²) in [6, 6.07) is 8.94. The summed E-state index contributed by atoms with van der Waals surface area (Å²) in [6.07, 6.45) is 7.77. The molecule has 0 unspecified atom stereocenters. The zero-order valence-electron chi connectivity index (χ0n) is 15.7. The van der Waals surface area contributed by atoms with E-state index in [9.17, 15) is 0 Å². The third kappa shape index (κ3) is 6.79. The fraction of sp³-hybridized carbons (Fsp3) is 0.421. The molecule has 0 aliphatic rings. The maximum Gasteiger partial charge on any atom is 0.291 e. The average Bonchev–Trinajstić information content (AvgIpc) is 2.95. The second-order valence-electron chi connectivity index (χ2n) is 7.87. The summed E-state index contributed by atoms with van der Waals surface area (Å²) in [5.41, 5.74) is 4.20. The monoisotopic (exact) mass is 345 g/mol. The summed E-state index contributed by atoms with van der Waals surface area (Å²) in [4.78, 5) is 12.5. The molecule has 6 heteroatoms. The molecule has 0 saturated carbocycles. The molecule has 0 atom stereocenters. The van der Waals surface area contributed by atoms with Crippen molar-refractivity contribution in [3.63, 3.8) is 0 Å². The Hall–Kier alpha value is -2.63. The molecule has 0 radical (unpaired) electrons. The molecule has 0 saturated heterocycles. The Labute approximate surface area is 148 Å². The number of nitrogens with zero attached hydrogens (tertiary/aromatic N) is 3. The maximum absolute atomic E-state index is 8.36. The molecule has 0 spiro atoms. The van der Waals surface area contributed by atoms with Crippen molar-refractivity contribution in [2.24, 2.45) is 5.41 Å². The summed E-state index contributed by atoms with van der Waals surface area (Å²) in [7, 11) is 0. The molecule has 0 bridgehead atoms.